The Morgan fingerprint density at radius 3 is 2.59 bits per heavy atom. The average Bonchev–Trinajstić information content (AvgIpc) is 3.32. The number of fused-ring (bicyclic) bond motifs is 1. The quantitative estimate of drug-likeness (QED) is 0.434. The van der Waals surface area contributed by atoms with Gasteiger partial charge in [-0.3, -0.25) is 4.31 Å². The SMILES string of the molecule is CS(=O)(=O)N(CCO)c1cc2oc(-c3ccc(F)cc3)c(-c3ncc[nH]3)c2cc1C1CC1. The van der Waals surface area contributed by atoms with Crippen LogP contribution in [0.3, 0.4) is 0 Å². The fourth-order valence-corrected chi connectivity index (χ4v) is 5.01. The van der Waals surface area contributed by atoms with Crippen molar-refractivity contribution in [3.05, 3.63) is 60.2 Å². The number of nitrogens with one attached hydrogen (secondary N) is 1. The van der Waals surface area contributed by atoms with Gasteiger partial charge in [0.25, 0.3) is 0 Å². The Balaban J connectivity index is 1.80. The van der Waals surface area contributed by atoms with Gasteiger partial charge in [0.05, 0.1) is 30.7 Å². The summed E-state index contributed by atoms with van der Waals surface area (Å²) in [6.45, 7) is -0.341. The van der Waals surface area contributed by atoms with Crippen LogP contribution in [-0.4, -0.2) is 42.9 Å². The Morgan fingerprint density at radius 2 is 2.00 bits per heavy atom. The monoisotopic (exact) mass is 455 g/mol. The Kier molecular flexibility index (Phi) is 5.02. The number of aliphatic hydroxyl groups is 1. The number of imidazole rings is 1. The Bertz CT molecular complexity index is 1380. The molecule has 32 heavy (non-hydrogen) atoms. The number of furan rings is 1. The molecule has 5 rings (SSSR count). The molecule has 1 aliphatic carbocycles. The van der Waals surface area contributed by atoms with Crippen molar-refractivity contribution in [2.75, 3.05) is 23.7 Å². The number of anilines is 1. The highest BCUT2D eigenvalue weighted by Crippen LogP contribution is 2.49. The zero-order valence-corrected chi connectivity index (χ0v) is 18.2. The lowest BCUT2D eigenvalue weighted by molar-refractivity contribution is 0.306. The third kappa shape index (κ3) is 3.67. The molecule has 0 bridgehead atoms. The van der Waals surface area contributed by atoms with Crippen LogP contribution < -0.4 is 4.31 Å². The van der Waals surface area contributed by atoms with Crippen molar-refractivity contribution in [2.45, 2.75) is 18.8 Å². The van der Waals surface area contributed by atoms with Crippen LogP contribution in [0.5, 0.6) is 0 Å². The number of halogens is 1. The van der Waals surface area contributed by atoms with Gasteiger partial charge < -0.3 is 14.5 Å². The molecule has 0 atom stereocenters. The van der Waals surface area contributed by atoms with Crippen molar-refractivity contribution in [1.29, 1.82) is 0 Å². The van der Waals surface area contributed by atoms with Gasteiger partial charge in [-0.15, -0.1) is 0 Å². The van der Waals surface area contributed by atoms with E-state index in [4.69, 9.17) is 4.42 Å². The number of sulfonamides is 1. The molecule has 1 saturated carbocycles. The molecule has 7 nitrogen and oxygen atoms in total. The summed E-state index contributed by atoms with van der Waals surface area (Å²) in [4.78, 5) is 7.51. The summed E-state index contributed by atoms with van der Waals surface area (Å²) in [5.74, 6) is 1.01. The maximum atomic E-state index is 13.5. The van der Waals surface area contributed by atoms with Gasteiger partial charge in [-0.25, -0.2) is 17.8 Å². The lowest BCUT2D eigenvalue weighted by Crippen LogP contribution is -2.33. The smallest absolute Gasteiger partial charge is 0.232 e. The minimum Gasteiger partial charge on any atom is -0.455 e. The minimum atomic E-state index is -3.61. The highest BCUT2D eigenvalue weighted by atomic mass is 32.2. The maximum Gasteiger partial charge on any atom is 0.232 e. The van der Waals surface area contributed by atoms with Gasteiger partial charge in [-0.1, -0.05) is 0 Å². The van der Waals surface area contributed by atoms with Gasteiger partial charge in [0.15, 0.2) is 0 Å². The number of H-pyrrole nitrogens is 1. The molecule has 0 amide bonds. The molecule has 0 spiro atoms. The van der Waals surface area contributed by atoms with E-state index >= 15 is 0 Å². The molecule has 4 aromatic rings. The molecule has 0 saturated heterocycles. The zero-order valence-electron chi connectivity index (χ0n) is 17.4. The minimum absolute atomic E-state index is 0.0410. The van der Waals surface area contributed by atoms with Crippen molar-refractivity contribution in [3.8, 4) is 22.7 Å². The second-order valence-electron chi connectivity index (χ2n) is 7.99. The van der Waals surface area contributed by atoms with E-state index in [2.05, 4.69) is 9.97 Å². The summed E-state index contributed by atoms with van der Waals surface area (Å²) >= 11 is 0. The lowest BCUT2D eigenvalue weighted by atomic mass is 10.0. The van der Waals surface area contributed by atoms with E-state index in [1.54, 1.807) is 30.6 Å². The fraction of sp³-hybridized carbons (Fsp3) is 0.261. The lowest BCUT2D eigenvalue weighted by Gasteiger charge is -2.24. The summed E-state index contributed by atoms with van der Waals surface area (Å²) in [6, 6.07) is 9.68. The first-order chi connectivity index (χ1) is 15.4. The van der Waals surface area contributed by atoms with Crippen LogP contribution in [-0.2, 0) is 10.0 Å². The van der Waals surface area contributed by atoms with E-state index < -0.39 is 10.0 Å². The zero-order chi connectivity index (χ0) is 22.5. The normalized spacial score (nSPS) is 14.2. The second kappa shape index (κ2) is 7.75. The van der Waals surface area contributed by atoms with Crippen molar-refractivity contribution >= 4 is 26.7 Å². The van der Waals surface area contributed by atoms with Gasteiger partial charge in [0.1, 0.15) is 23.0 Å². The molecular formula is C23H22FN3O4S. The number of benzene rings is 2. The summed E-state index contributed by atoms with van der Waals surface area (Å²) in [5, 5.41) is 10.3. The molecule has 166 valence electrons. The molecule has 2 heterocycles. The Morgan fingerprint density at radius 1 is 1.25 bits per heavy atom. The number of aromatic amines is 1. The fourth-order valence-electron chi connectivity index (χ4n) is 4.08. The molecule has 2 N–H and O–H groups in total. The largest absolute Gasteiger partial charge is 0.455 e. The molecule has 2 aromatic heterocycles. The molecule has 9 heteroatoms. The van der Waals surface area contributed by atoms with Crippen LogP contribution in [0.4, 0.5) is 10.1 Å². The van der Waals surface area contributed by atoms with Crippen LogP contribution in [0, 0.1) is 5.82 Å². The summed E-state index contributed by atoms with van der Waals surface area (Å²) in [5.41, 5.74) is 3.32. The summed E-state index contributed by atoms with van der Waals surface area (Å²) < 4.78 is 46.0. The van der Waals surface area contributed by atoms with E-state index in [1.807, 2.05) is 6.07 Å². The van der Waals surface area contributed by atoms with Crippen LogP contribution in [0.25, 0.3) is 33.7 Å². The third-order valence-corrected chi connectivity index (χ3v) is 6.85. The number of hydrogen-bond donors (Lipinski definition) is 2. The van der Waals surface area contributed by atoms with E-state index in [1.165, 1.54) is 16.4 Å². The average molecular weight is 456 g/mol. The van der Waals surface area contributed by atoms with Crippen LogP contribution in [0.2, 0.25) is 0 Å². The van der Waals surface area contributed by atoms with Crippen LogP contribution in [0.1, 0.15) is 24.3 Å². The molecule has 0 aliphatic heterocycles. The number of hydrogen-bond acceptors (Lipinski definition) is 5. The Labute approximate surface area is 184 Å². The van der Waals surface area contributed by atoms with Gasteiger partial charge in [-0.05, 0) is 54.7 Å². The highest BCUT2D eigenvalue weighted by molar-refractivity contribution is 7.92. The van der Waals surface area contributed by atoms with Crippen molar-refractivity contribution in [2.24, 2.45) is 0 Å². The van der Waals surface area contributed by atoms with Gasteiger partial charge in [0, 0.05) is 29.4 Å². The van der Waals surface area contributed by atoms with E-state index in [9.17, 15) is 17.9 Å². The number of aliphatic hydroxyl groups excluding tert-OH is 1. The predicted molar refractivity (Wildman–Crippen MR) is 120 cm³/mol. The topological polar surface area (TPSA) is 99.4 Å². The number of aromatic nitrogens is 2. The highest BCUT2D eigenvalue weighted by Gasteiger charge is 2.32. The predicted octanol–water partition coefficient (Wildman–Crippen LogP) is 4.26. The molecule has 0 unspecified atom stereocenters. The number of nitrogens with zero attached hydrogens (tertiary/aromatic N) is 2. The number of rotatable bonds is 7. The summed E-state index contributed by atoms with van der Waals surface area (Å²) in [7, 11) is -3.61. The van der Waals surface area contributed by atoms with E-state index in [-0.39, 0.29) is 24.9 Å². The molecule has 0 radical (unpaired) electrons. The third-order valence-electron chi connectivity index (χ3n) is 5.67. The molecule has 1 aliphatic rings. The molecule has 2 aromatic carbocycles. The van der Waals surface area contributed by atoms with Crippen molar-refractivity contribution < 1.29 is 22.3 Å². The maximum absolute atomic E-state index is 13.5. The molecule has 1 fully saturated rings. The van der Waals surface area contributed by atoms with E-state index in [0.717, 1.165) is 35.6 Å². The second-order valence-corrected chi connectivity index (χ2v) is 9.90. The standard InChI is InChI=1S/C23H22FN3O4S/c1-32(29,30)27(10-11-28)19-13-20-18(12-17(19)14-2-3-14)21(23-25-8-9-26-23)22(31-20)15-4-6-16(24)7-5-15/h4-9,12-14,28H,2-3,10-11H2,1H3,(H,25,26). The summed E-state index contributed by atoms with van der Waals surface area (Å²) in [6.07, 6.45) is 6.42. The van der Waals surface area contributed by atoms with Gasteiger partial charge >= 0.3 is 0 Å². The van der Waals surface area contributed by atoms with Gasteiger partial charge in [-0.2, -0.15) is 0 Å². The first-order valence-corrected chi connectivity index (χ1v) is 12.2. The first-order valence-electron chi connectivity index (χ1n) is 10.3. The Hall–Kier alpha value is -3.17. The van der Waals surface area contributed by atoms with E-state index in [0.29, 0.717) is 28.4 Å². The van der Waals surface area contributed by atoms with Crippen LogP contribution >= 0.6 is 0 Å². The first kappa shape index (κ1) is 20.7. The molecular weight excluding hydrogens is 433 g/mol. The van der Waals surface area contributed by atoms with Crippen molar-refractivity contribution in [3.63, 3.8) is 0 Å². The van der Waals surface area contributed by atoms with Crippen LogP contribution in [0.15, 0.2) is 53.2 Å². The van der Waals surface area contributed by atoms with Crippen molar-refractivity contribution in [1.82, 2.24) is 9.97 Å². The van der Waals surface area contributed by atoms with Gasteiger partial charge in [0.2, 0.25) is 10.0 Å².